The normalized spacial score (nSPS) is 16.5. The van der Waals surface area contributed by atoms with Crippen LogP contribution in [0.2, 0.25) is 0 Å². The van der Waals surface area contributed by atoms with Gasteiger partial charge in [-0.2, -0.15) is 0 Å². The van der Waals surface area contributed by atoms with Crippen LogP contribution in [0.15, 0.2) is 18.2 Å². The second-order valence-corrected chi connectivity index (χ2v) is 4.88. The zero-order chi connectivity index (χ0) is 11.1. The fourth-order valence-electron chi connectivity index (χ4n) is 1.58. The Balaban J connectivity index is 2.31. The summed E-state index contributed by atoms with van der Waals surface area (Å²) in [5, 5.41) is 10.1. The molecule has 1 unspecified atom stereocenters. The van der Waals surface area contributed by atoms with Gasteiger partial charge in [0.05, 0.1) is 6.10 Å². The summed E-state index contributed by atoms with van der Waals surface area (Å²) in [6.07, 6.45) is -0.494. The van der Waals surface area contributed by atoms with Gasteiger partial charge in [-0.3, -0.25) is 0 Å². The first-order chi connectivity index (χ1) is 6.98. The van der Waals surface area contributed by atoms with Gasteiger partial charge in [0.2, 0.25) is 6.79 Å². The van der Waals surface area contributed by atoms with E-state index in [1.54, 1.807) is 0 Å². The molecule has 15 heavy (non-hydrogen) atoms. The van der Waals surface area contributed by atoms with Crippen molar-refractivity contribution in [1.82, 2.24) is 0 Å². The zero-order valence-electron chi connectivity index (χ0n) is 9.28. The summed E-state index contributed by atoms with van der Waals surface area (Å²) in [5.74, 6) is 1.47. The van der Waals surface area contributed by atoms with Crippen molar-refractivity contribution >= 4 is 0 Å². The van der Waals surface area contributed by atoms with Gasteiger partial charge in [0.25, 0.3) is 0 Å². The molecule has 3 heteroatoms. The lowest BCUT2D eigenvalue weighted by molar-refractivity contribution is 0.0625. The maximum atomic E-state index is 10.1. The van der Waals surface area contributed by atoms with Gasteiger partial charge in [-0.05, 0) is 23.1 Å². The Kier molecular flexibility index (Phi) is 2.35. The van der Waals surface area contributed by atoms with E-state index in [0.29, 0.717) is 0 Å². The van der Waals surface area contributed by atoms with Crippen LogP contribution in [0.25, 0.3) is 0 Å². The monoisotopic (exact) mass is 208 g/mol. The average Bonchev–Trinajstić information content (AvgIpc) is 2.61. The van der Waals surface area contributed by atoms with Crippen molar-refractivity contribution in [3.05, 3.63) is 23.8 Å². The maximum absolute atomic E-state index is 10.1. The Morgan fingerprint density at radius 3 is 2.53 bits per heavy atom. The number of ether oxygens (including phenoxy) is 2. The highest BCUT2D eigenvalue weighted by molar-refractivity contribution is 5.45. The molecule has 0 aromatic heterocycles. The van der Waals surface area contributed by atoms with Crippen LogP contribution in [-0.2, 0) is 0 Å². The molecule has 0 saturated heterocycles. The largest absolute Gasteiger partial charge is 0.454 e. The molecule has 0 bridgehead atoms. The molecule has 0 spiro atoms. The second-order valence-electron chi connectivity index (χ2n) is 4.88. The summed E-state index contributed by atoms with van der Waals surface area (Å²) in [6.45, 7) is 6.27. The Bertz CT molecular complexity index is 366. The van der Waals surface area contributed by atoms with Crippen molar-refractivity contribution in [1.29, 1.82) is 0 Å². The van der Waals surface area contributed by atoms with Crippen LogP contribution in [0, 0.1) is 5.41 Å². The van der Waals surface area contributed by atoms with E-state index in [2.05, 4.69) is 0 Å². The molecular formula is C12H16O3. The van der Waals surface area contributed by atoms with Gasteiger partial charge in [-0.25, -0.2) is 0 Å². The average molecular weight is 208 g/mol. The van der Waals surface area contributed by atoms with Crippen LogP contribution in [0.1, 0.15) is 32.4 Å². The van der Waals surface area contributed by atoms with Gasteiger partial charge >= 0.3 is 0 Å². The van der Waals surface area contributed by atoms with Crippen LogP contribution in [0.5, 0.6) is 11.5 Å². The molecule has 0 fully saturated rings. The molecule has 1 aliphatic rings. The van der Waals surface area contributed by atoms with Crippen molar-refractivity contribution in [2.24, 2.45) is 5.41 Å². The fourth-order valence-corrected chi connectivity index (χ4v) is 1.58. The Morgan fingerprint density at radius 2 is 1.87 bits per heavy atom. The zero-order valence-corrected chi connectivity index (χ0v) is 9.28. The molecule has 1 aromatic carbocycles. The van der Waals surface area contributed by atoms with Gasteiger partial charge in [0.1, 0.15) is 0 Å². The fraction of sp³-hybridized carbons (Fsp3) is 0.500. The first kappa shape index (κ1) is 10.3. The van der Waals surface area contributed by atoms with Crippen LogP contribution in [-0.4, -0.2) is 11.9 Å². The SMILES string of the molecule is CC(C)(C)C(O)c1ccc2c(c1)OCO2. The van der Waals surface area contributed by atoms with Gasteiger partial charge in [0.15, 0.2) is 11.5 Å². The highest BCUT2D eigenvalue weighted by atomic mass is 16.7. The number of aliphatic hydroxyl groups is 1. The van der Waals surface area contributed by atoms with Gasteiger partial charge in [-0.15, -0.1) is 0 Å². The first-order valence-electron chi connectivity index (χ1n) is 5.06. The van der Waals surface area contributed by atoms with E-state index in [1.165, 1.54) is 0 Å². The Morgan fingerprint density at radius 1 is 1.20 bits per heavy atom. The van der Waals surface area contributed by atoms with Crippen LogP contribution in [0.3, 0.4) is 0 Å². The number of hydrogen-bond donors (Lipinski definition) is 1. The minimum atomic E-state index is -0.494. The predicted octanol–water partition coefficient (Wildman–Crippen LogP) is 2.49. The summed E-state index contributed by atoms with van der Waals surface area (Å²) in [7, 11) is 0. The molecular weight excluding hydrogens is 192 g/mol. The van der Waals surface area contributed by atoms with E-state index >= 15 is 0 Å². The number of aliphatic hydroxyl groups excluding tert-OH is 1. The molecule has 0 saturated carbocycles. The molecule has 82 valence electrons. The van der Waals surface area contributed by atoms with Crippen LogP contribution >= 0.6 is 0 Å². The summed E-state index contributed by atoms with van der Waals surface area (Å²) in [5.41, 5.74) is 0.694. The van der Waals surface area contributed by atoms with E-state index in [-0.39, 0.29) is 12.2 Å². The Hall–Kier alpha value is -1.22. The number of fused-ring (bicyclic) bond motifs is 1. The molecule has 3 nitrogen and oxygen atoms in total. The quantitative estimate of drug-likeness (QED) is 0.770. The number of benzene rings is 1. The van der Waals surface area contributed by atoms with Crippen LogP contribution < -0.4 is 9.47 Å². The van der Waals surface area contributed by atoms with Gasteiger partial charge < -0.3 is 14.6 Å². The molecule has 1 atom stereocenters. The molecule has 1 N–H and O–H groups in total. The number of hydrogen-bond acceptors (Lipinski definition) is 3. The van der Waals surface area contributed by atoms with E-state index in [4.69, 9.17) is 9.47 Å². The lowest BCUT2D eigenvalue weighted by Gasteiger charge is -2.26. The topological polar surface area (TPSA) is 38.7 Å². The second kappa shape index (κ2) is 3.42. The standard InChI is InChI=1S/C12H16O3/c1-12(2,3)11(13)8-4-5-9-10(6-8)15-7-14-9/h4-6,11,13H,7H2,1-3H3. The third-order valence-corrected chi connectivity index (χ3v) is 2.53. The minimum Gasteiger partial charge on any atom is -0.454 e. The van der Waals surface area contributed by atoms with Crippen molar-refractivity contribution in [2.45, 2.75) is 26.9 Å². The minimum absolute atomic E-state index is 0.173. The highest BCUT2D eigenvalue weighted by Gasteiger charge is 2.25. The Labute approximate surface area is 89.6 Å². The smallest absolute Gasteiger partial charge is 0.231 e. The van der Waals surface area contributed by atoms with Crippen LogP contribution in [0.4, 0.5) is 0 Å². The van der Waals surface area contributed by atoms with Crippen molar-refractivity contribution in [3.8, 4) is 11.5 Å². The third-order valence-electron chi connectivity index (χ3n) is 2.53. The van der Waals surface area contributed by atoms with Crippen molar-refractivity contribution < 1.29 is 14.6 Å². The van der Waals surface area contributed by atoms with Gasteiger partial charge in [-0.1, -0.05) is 26.8 Å². The maximum Gasteiger partial charge on any atom is 0.231 e. The molecule has 2 rings (SSSR count). The van der Waals surface area contributed by atoms with E-state index in [1.807, 2.05) is 39.0 Å². The van der Waals surface area contributed by atoms with E-state index in [0.717, 1.165) is 17.1 Å². The van der Waals surface area contributed by atoms with E-state index < -0.39 is 6.10 Å². The predicted molar refractivity (Wildman–Crippen MR) is 57.0 cm³/mol. The summed E-state index contributed by atoms with van der Waals surface area (Å²) < 4.78 is 10.5. The lowest BCUT2D eigenvalue weighted by Crippen LogP contribution is -2.17. The molecule has 1 aromatic rings. The highest BCUT2D eigenvalue weighted by Crippen LogP contribution is 2.38. The van der Waals surface area contributed by atoms with Gasteiger partial charge in [0, 0.05) is 0 Å². The first-order valence-corrected chi connectivity index (χ1v) is 5.06. The summed E-state index contributed by atoms with van der Waals surface area (Å²) in [4.78, 5) is 0. The third kappa shape index (κ3) is 1.92. The summed E-state index contributed by atoms with van der Waals surface area (Å²) in [6, 6.07) is 5.56. The van der Waals surface area contributed by atoms with Crippen molar-refractivity contribution in [3.63, 3.8) is 0 Å². The molecule has 0 amide bonds. The molecule has 0 radical (unpaired) electrons. The van der Waals surface area contributed by atoms with Crippen molar-refractivity contribution in [2.75, 3.05) is 6.79 Å². The molecule has 0 aliphatic carbocycles. The number of rotatable bonds is 1. The molecule has 1 heterocycles. The summed E-state index contributed by atoms with van der Waals surface area (Å²) >= 11 is 0. The molecule has 1 aliphatic heterocycles. The lowest BCUT2D eigenvalue weighted by atomic mass is 9.85. The van der Waals surface area contributed by atoms with E-state index in [9.17, 15) is 5.11 Å².